The Kier molecular flexibility index (Phi) is 3.34. The molecule has 2 N–H and O–H groups in total. The Morgan fingerprint density at radius 2 is 2.33 bits per heavy atom. The molecule has 1 aromatic rings. The first-order chi connectivity index (χ1) is 7.25. The fourth-order valence-corrected chi connectivity index (χ4v) is 1.99. The summed E-state index contributed by atoms with van der Waals surface area (Å²) in [5.41, 5.74) is 6.99. The standard InChI is InChI=1S/C12H16FNO/c13-11-3-1-2-9(7-11)6-10-8-15-5-4-12(10)14/h1-3,7,10,12H,4-6,8,14H2/t10-,12-/m0/s1. The first-order valence-electron chi connectivity index (χ1n) is 5.33. The maximum atomic E-state index is 13.0. The minimum atomic E-state index is -0.183. The molecule has 82 valence electrons. The second-order valence-electron chi connectivity index (χ2n) is 4.12. The van der Waals surface area contributed by atoms with E-state index in [0.717, 1.165) is 25.0 Å². The third kappa shape index (κ3) is 2.76. The van der Waals surface area contributed by atoms with Crippen LogP contribution in [0.4, 0.5) is 4.39 Å². The molecule has 1 saturated heterocycles. The Labute approximate surface area is 89.2 Å². The second-order valence-corrected chi connectivity index (χ2v) is 4.12. The van der Waals surface area contributed by atoms with Gasteiger partial charge < -0.3 is 10.5 Å². The van der Waals surface area contributed by atoms with Crippen molar-refractivity contribution in [3.8, 4) is 0 Å². The third-order valence-electron chi connectivity index (χ3n) is 2.92. The predicted octanol–water partition coefficient (Wildman–Crippen LogP) is 1.73. The molecule has 0 aliphatic carbocycles. The van der Waals surface area contributed by atoms with Crippen molar-refractivity contribution in [2.24, 2.45) is 11.7 Å². The van der Waals surface area contributed by atoms with Crippen LogP contribution in [-0.2, 0) is 11.2 Å². The van der Waals surface area contributed by atoms with Gasteiger partial charge in [-0.2, -0.15) is 0 Å². The normalized spacial score (nSPS) is 26.5. The Morgan fingerprint density at radius 1 is 1.47 bits per heavy atom. The van der Waals surface area contributed by atoms with Crippen molar-refractivity contribution in [3.63, 3.8) is 0 Å². The van der Waals surface area contributed by atoms with E-state index in [-0.39, 0.29) is 11.9 Å². The number of rotatable bonds is 2. The summed E-state index contributed by atoms with van der Waals surface area (Å²) in [6.07, 6.45) is 1.71. The van der Waals surface area contributed by atoms with Gasteiger partial charge >= 0.3 is 0 Å². The maximum Gasteiger partial charge on any atom is 0.123 e. The molecule has 0 amide bonds. The SMILES string of the molecule is N[C@H]1CCOC[C@@H]1Cc1cccc(F)c1. The Bertz CT molecular complexity index is 329. The topological polar surface area (TPSA) is 35.2 Å². The predicted molar refractivity (Wildman–Crippen MR) is 57.0 cm³/mol. The monoisotopic (exact) mass is 209 g/mol. The molecule has 3 heteroatoms. The van der Waals surface area contributed by atoms with Crippen LogP contribution in [0, 0.1) is 11.7 Å². The van der Waals surface area contributed by atoms with Crippen LogP contribution in [0.2, 0.25) is 0 Å². The van der Waals surface area contributed by atoms with Crippen molar-refractivity contribution in [1.29, 1.82) is 0 Å². The summed E-state index contributed by atoms with van der Waals surface area (Å²) >= 11 is 0. The molecule has 0 radical (unpaired) electrons. The minimum absolute atomic E-state index is 0.182. The van der Waals surface area contributed by atoms with E-state index in [0.29, 0.717) is 12.5 Å². The minimum Gasteiger partial charge on any atom is -0.381 e. The Balaban J connectivity index is 2.01. The van der Waals surface area contributed by atoms with Crippen LogP contribution in [0.3, 0.4) is 0 Å². The maximum absolute atomic E-state index is 13.0. The molecular formula is C12H16FNO. The summed E-state index contributed by atoms with van der Waals surface area (Å²) in [6, 6.07) is 6.88. The summed E-state index contributed by atoms with van der Waals surface area (Å²) in [4.78, 5) is 0. The number of hydrogen-bond donors (Lipinski definition) is 1. The van der Waals surface area contributed by atoms with Gasteiger partial charge in [0.15, 0.2) is 0 Å². The smallest absolute Gasteiger partial charge is 0.123 e. The van der Waals surface area contributed by atoms with Crippen LogP contribution in [0.25, 0.3) is 0 Å². The summed E-state index contributed by atoms with van der Waals surface area (Å²) < 4.78 is 18.3. The quantitative estimate of drug-likeness (QED) is 0.805. The molecule has 1 aliphatic rings. The van der Waals surface area contributed by atoms with Gasteiger partial charge in [-0.1, -0.05) is 12.1 Å². The molecule has 1 aliphatic heterocycles. The number of nitrogens with two attached hydrogens (primary N) is 1. The number of halogens is 1. The fourth-order valence-electron chi connectivity index (χ4n) is 1.99. The lowest BCUT2D eigenvalue weighted by atomic mass is 9.90. The molecule has 0 bridgehead atoms. The molecule has 1 heterocycles. The van der Waals surface area contributed by atoms with E-state index in [2.05, 4.69) is 0 Å². The zero-order valence-corrected chi connectivity index (χ0v) is 8.66. The van der Waals surface area contributed by atoms with Gasteiger partial charge in [-0.3, -0.25) is 0 Å². The molecule has 0 aromatic heterocycles. The zero-order chi connectivity index (χ0) is 10.7. The molecule has 2 atom stereocenters. The van der Waals surface area contributed by atoms with Crippen molar-refractivity contribution in [1.82, 2.24) is 0 Å². The van der Waals surface area contributed by atoms with Gasteiger partial charge in [0.05, 0.1) is 6.61 Å². The van der Waals surface area contributed by atoms with Crippen LogP contribution in [-0.4, -0.2) is 19.3 Å². The van der Waals surface area contributed by atoms with Crippen LogP contribution < -0.4 is 5.73 Å². The number of hydrogen-bond acceptors (Lipinski definition) is 2. The Morgan fingerprint density at radius 3 is 3.07 bits per heavy atom. The van der Waals surface area contributed by atoms with Crippen molar-refractivity contribution in [3.05, 3.63) is 35.6 Å². The van der Waals surface area contributed by atoms with Crippen molar-refractivity contribution >= 4 is 0 Å². The van der Waals surface area contributed by atoms with E-state index in [9.17, 15) is 4.39 Å². The van der Waals surface area contributed by atoms with E-state index in [4.69, 9.17) is 10.5 Å². The lowest BCUT2D eigenvalue weighted by Crippen LogP contribution is -2.39. The highest BCUT2D eigenvalue weighted by Crippen LogP contribution is 2.18. The first-order valence-corrected chi connectivity index (χ1v) is 5.33. The molecule has 1 fully saturated rings. The molecule has 2 nitrogen and oxygen atoms in total. The fraction of sp³-hybridized carbons (Fsp3) is 0.500. The van der Waals surface area contributed by atoms with Crippen LogP contribution >= 0.6 is 0 Å². The zero-order valence-electron chi connectivity index (χ0n) is 8.66. The van der Waals surface area contributed by atoms with Gasteiger partial charge in [0.1, 0.15) is 5.82 Å². The van der Waals surface area contributed by atoms with Gasteiger partial charge in [-0.05, 0) is 30.5 Å². The lowest BCUT2D eigenvalue weighted by Gasteiger charge is -2.28. The van der Waals surface area contributed by atoms with Gasteiger partial charge in [0, 0.05) is 18.6 Å². The summed E-state index contributed by atoms with van der Waals surface area (Å²) in [5, 5.41) is 0. The highest BCUT2D eigenvalue weighted by Gasteiger charge is 2.22. The molecule has 0 saturated carbocycles. The van der Waals surface area contributed by atoms with Crippen molar-refractivity contribution in [2.45, 2.75) is 18.9 Å². The third-order valence-corrected chi connectivity index (χ3v) is 2.92. The van der Waals surface area contributed by atoms with E-state index in [1.54, 1.807) is 12.1 Å². The highest BCUT2D eigenvalue weighted by molar-refractivity contribution is 5.17. The second kappa shape index (κ2) is 4.73. The van der Waals surface area contributed by atoms with Crippen molar-refractivity contribution in [2.75, 3.05) is 13.2 Å². The van der Waals surface area contributed by atoms with Crippen LogP contribution in [0.15, 0.2) is 24.3 Å². The summed E-state index contributed by atoms with van der Waals surface area (Å²) in [5.74, 6) is 0.137. The molecule has 15 heavy (non-hydrogen) atoms. The Hall–Kier alpha value is -0.930. The average molecular weight is 209 g/mol. The van der Waals surface area contributed by atoms with E-state index in [1.165, 1.54) is 6.07 Å². The molecule has 2 rings (SSSR count). The van der Waals surface area contributed by atoms with E-state index >= 15 is 0 Å². The lowest BCUT2D eigenvalue weighted by molar-refractivity contribution is 0.0422. The number of benzene rings is 1. The molecular weight excluding hydrogens is 193 g/mol. The molecule has 0 spiro atoms. The van der Waals surface area contributed by atoms with E-state index in [1.807, 2.05) is 6.07 Å². The first kappa shape index (κ1) is 10.6. The van der Waals surface area contributed by atoms with Gasteiger partial charge in [0.2, 0.25) is 0 Å². The largest absolute Gasteiger partial charge is 0.381 e. The number of ether oxygens (including phenoxy) is 1. The summed E-state index contributed by atoms with van der Waals surface area (Å²) in [6.45, 7) is 1.44. The highest BCUT2D eigenvalue weighted by atomic mass is 19.1. The van der Waals surface area contributed by atoms with Gasteiger partial charge in [0.25, 0.3) is 0 Å². The van der Waals surface area contributed by atoms with E-state index < -0.39 is 0 Å². The molecule has 1 aromatic carbocycles. The summed E-state index contributed by atoms with van der Waals surface area (Å²) in [7, 11) is 0. The van der Waals surface area contributed by atoms with Gasteiger partial charge in [-0.15, -0.1) is 0 Å². The average Bonchev–Trinajstić information content (AvgIpc) is 2.22. The van der Waals surface area contributed by atoms with Crippen LogP contribution in [0.5, 0.6) is 0 Å². The van der Waals surface area contributed by atoms with Gasteiger partial charge in [-0.25, -0.2) is 4.39 Å². The van der Waals surface area contributed by atoms with Crippen LogP contribution in [0.1, 0.15) is 12.0 Å². The van der Waals surface area contributed by atoms with Crippen molar-refractivity contribution < 1.29 is 9.13 Å². The molecule has 0 unspecified atom stereocenters.